The number of amides is 2. The van der Waals surface area contributed by atoms with E-state index in [-0.39, 0.29) is 11.8 Å². The van der Waals surface area contributed by atoms with Gasteiger partial charge in [0.15, 0.2) is 11.6 Å². The van der Waals surface area contributed by atoms with E-state index in [1.807, 2.05) is 18.2 Å². The van der Waals surface area contributed by atoms with Crippen molar-refractivity contribution in [2.24, 2.45) is 0 Å². The van der Waals surface area contributed by atoms with E-state index in [4.69, 9.17) is 4.74 Å². The highest BCUT2D eigenvalue weighted by atomic mass is 32.1. The molecule has 1 aliphatic carbocycles. The van der Waals surface area contributed by atoms with Crippen molar-refractivity contribution in [2.45, 2.75) is 37.5 Å². The highest BCUT2D eigenvalue weighted by Gasteiger charge is 2.45. The molecule has 2 fully saturated rings. The van der Waals surface area contributed by atoms with Gasteiger partial charge in [-0.05, 0) is 67.0 Å². The molecule has 0 radical (unpaired) electrons. The molecule has 0 spiro atoms. The van der Waals surface area contributed by atoms with Gasteiger partial charge in [0.1, 0.15) is 17.2 Å². The largest absolute Gasteiger partial charge is 0.493 e. The number of benzene rings is 1. The van der Waals surface area contributed by atoms with Crippen LogP contribution in [0.15, 0.2) is 36.7 Å². The Kier molecular flexibility index (Phi) is 5.28. The molecule has 9 heteroatoms. The van der Waals surface area contributed by atoms with Crippen LogP contribution in [0.4, 0.5) is 15.0 Å². The number of pyridine rings is 1. The molecule has 166 valence electrons. The van der Waals surface area contributed by atoms with Crippen molar-refractivity contribution in [3.05, 3.63) is 64.3 Å². The second-order valence-electron chi connectivity index (χ2n) is 8.46. The normalized spacial score (nSPS) is 20.4. The summed E-state index contributed by atoms with van der Waals surface area (Å²) in [6.07, 6.45) is 4.38. The van der Waals surface area contributed by atoms with Crippen LogP contribution in [0.1, 0.15) is 47.0 Å². The van der Waals surface area contributed by atoms with Crippen molar-refractivity contribution in [3.8, 4) is 5.75 Å². The summed E-state index contributed by atoms with van der Waals surface area (Å²) in [5, 5.41) is 3.71. The number of urea groups is 1. The topological polar surface area (TPSA) is 80.2 Å². The number of nitrogens with zero attached hydrogens (tertiary/aromatic N) is 4. The summed E-state index contributed by atoms with van der Waals surface area (Å²) < 4.78 is 24.0. The SMILES string of the molecule is COc1ccc(C2CC2)nc1NC(=O)N1CC[C@@](c2ccc(C)c(F)c2)(c2ncns2)C1. The van der Waals surface area contributed by atoms with Crippen molar-refractivity contribution in [3.63, 3.8) is 0 Å². The van der Waals surface area contributed by atoms with Crippen molar-refractivity contribution < 1.29 is 13.9 Å². The molecule has 3 aromatic rings. The van der Waals surface area contributed by atoms with Gasteiger partial charge in [0.05, 0.1) is 12.5 Å². The summed E-state index contributed by atoms with van der Waals surface area (Å²) in [4.78, 5) is 24.0. The van der Waals surface area contributed by atoms with E-state index in [9.17, 15) is 9.18 Å². The number of likely N-dealkylation sites (tertiary alicyclic amines) is 1. The Morgan fingerprint density at radius 2 is 2.16 bits per heavy atom. The van der Waals surface area contributed by atoms with Crippen LogP contribution >= 0.6 is 11.5 Å². The molecule has 0 bridgehead atoms. The number of ether oxygens (including phenoxy) is 1. The summed E-state index contributed by atoms with van der Waals surface area (Å²) in [5.74, 6) is 1.15. The molecule has 5 rings (SSSR count). The Morgan fingerprint density at radius 3 is 2.84 bits per heavy atom. The highest BCUT2D eigenvalue weighted by molar-refractivity contribution is 7.05. The zero-order valence-electron chi connectivity index (χ0n) is 18.0. The fourth-order valence-corrected chi connectivity index (χ4v) is 5.04. The summed E-state index contributed by atoms with van der Waals surface area (Å²) in [6, 6.07) is 8.79. The lowest BCUT2D eigenvalue weighted by molar-refractivity contribution is 0.220. The molecule has 2 aliphatic rings. The monoisotopic (exact) mass is 453 g/mol. The summed E-state index contributed by atoms with van der Waals surface area (Å²) in [7, 11) is 1.56. The first-order valence-electron chi connectivity index (χ1n) is 10.6. The number of aryl methyl sites for hydroxylation is 1. The van der Waals surface area contributed by atoms with Crippen LogP contribution in [-0.4, -0.2) is 45.5 Å². The Labute approximate surface area is 189 Å². The lowest BCUT2D eigenvalue weighted by Crippen LogP contribution is -2.38. The molecule has 7 nitrogen and oxygen atoms in total. The number of nitrogens with one attached hydrogen (secondary N) is 1. The van der Waals surface area contributed by atoms with Crippen LogP contribution in [0.5, 0.6) is 5.75 Å². The smallest absolute Gasteiger partial charge is 0.323 e. The van der Waals surface area contributed by atoms with Crippen LogP contribution in [0.2, 0.25) is 0 Å². The van der Waals surface area contributed by atoms with Crippen molar-refractivity contribution in [1.29, 1.82) is 0 Å². The number of aromatic nitrogens is 3. The third-order valence-corrected chi connectivity index (χ3v) is 7.24. The number of rotatable bonds is 5. The summed E-state index contributed by atoms with van der Waals surface area (Å²) >= 11 is 1.29. The van der Waals surface area contributed by atoms with Crippen LogP contribution in [0.25, 0.3) is 0 Å². The predicted octanol–water partition coefficient (Wildman–Crippen LogP) is 4.49. The van der Waals surface area contributed by atoms with Crippen LogP contribution in [0, 0.1) is 12.7 Å². The maximum Gasteiger partial charge on any atom is 0.323 e. The molecule has 1 N–H and O–H groups in total. The molecule has 1 saturated carbocycles. The molecule has 2 aromatic heterocycles. The van der Waals surface area contributed by atoms with Gasteiger partial charge in [-0.15, -0.1) is 0 Å². The average Bonchev–Trinajstić information content (AvgIpc) is 3.30. The van der Waals surface area contributed by atoms with E-state index in [1.54, 1.807) is 31.1 Å². The third-order valence-electron chi connectivity index (χ3n) is 6.37. The molecule has 0 unspecified atom stereocenters. The number of anilines is 1. The minimum Gasteiger partial charge on any atom is -0.493 e. The number of hydrogen-bond donors (Lipinski definition) is 1. The van der Waals surface area contributed by atoms with Gasteiger partial charge in [0.2, 0.25) is 0 Å². The van der Waals surface area contributed by atoms with Gasteiger partial charge >= 0.3 is 6.03 Å². The van der Waals surface area contributed by atoms with Crippen LogP contribution in [0.3, 0.4) is 0 Å². The zero-order chi connectivity index (χ0) is 22.3. The first kappa shape index (κ1) is 20.8. The minimum atomic E-state index is -0.597. The van der Waals surface area contributed by atoms with Gasteiger partial charge in [-0.2, -0.15) is 4.37 Å². The van der Waals surface area contributed by atoms with E-state index in [2.05, 4.69) is 19.7 Å². The van der Waals surface area contributed by atoms with Crippen molar-refractivity contribution in [1.82, 2.24) is 19.2 Å². The second kappa shape index (κ2) is 8.12. The Morgan fingerprint density at radius 1 is 1.31 bits per heavy atom. The third kappa shape index (κ3) is 3.70. The maximum atomic E-state index is 14.4. The van der Waals surface area contributed by atoms with E-state index in [0.29, 0.717) is 42.6 Å². The van der Waals surface area contributed by atoms with Gasteiger partial charge in [-0.3, -0.25) is 5.32 Å². The fraction of sp³-hybridized carbons (Fsp3) is 0.391. The van der Waals surface area contributed by atoms with Crippen molar-refractivity contribution in [2.75, 3.05) is 25.5 Å². The summed E-state index contributed by atoms with van der Waals surface area (Å²) in [5.41, 5.74) is 1.77. The first-order chi connectivity index (χ1) is 15.5. The highest BCUT2D eigenvalue weighted by Crippen LogP contribution is 2.43. The van der Waals surface area contributed by atoms with Gasteiger partial charge in [-0.1, -0.05) is 12.1 Å². The number of halogens is 1. The van der Waals surface area contributed by atoms with Gasteiger partial charge in [-0.25, -0.2) is 19.2 Å². The molecule has 1 aliphatic heterocycles. The van der Waals surface area contributed by atoms with Crippen LogP contribution < -0.4 is 10.1 Å². The van der Waals surface area contributed by atoms with Gasteiger partial charge < -0.3 is 9.64 Å². The Bertz CT molecular complexity index is 1150. The first-order valence-corrected chi connectivity index (χ1v) is 11.4. The van der Waals surface area contributed by atoms with E-state index < -0.39 is 5.41 Å². The zero-order valence-corrected chi connectivity index (χ0v) is 18.8. The molecule has 1 saturated heterocycles. The molecule has 3 heterocycles. The van der Waals surface area contributed by atoms with Gasteiger partial charge in [0.25, 0.3) is 0 Å². The van der Waals surface area contributed by atoms with Gasteiger partial charge in [0, 0.05) is 24.7 Å². The van der Waals surface area contributed by atoms with E-state index >= 15 is 0 Å². The molecule has 32 heavy (non-hydrogen) atoms. The number of carbonyl (C=O) groups excluding carboxylic acids is 1. The minimum absolute atomic E-state index is 0.261. The molecule has 1 atom stereocenters. The molecular formula is C23H24FN5O2S. The van der Waals surface area contributed by atoms with E-state index in [1.165, 1.54) is 17.9 Å². The lowest BCUT2D eigenvalue weighted by Gasteiger charge is -2.28. The second-order valence-corrected chi connectivity index (χ2v) is 9.24. The Hall–Kier alpha value is -3.07. The number of carbonyl (C=O) groups is 1. The lowest BCUT2D eigenvalue weighted by atomic mass is 9.80. The van der Waals surface area contributed by atoms with Crippen LogP contribution in [-0.2, 0) is 5.41 Å². The number of hydrogen-bond acceptors (Lipinski definition) is 6. The molecular weight excluding hydrogens is 429 g/mol. The molecule has 1 aromatic carbocycles. The average molecular weight is 454 g/mol. The standard InChI is InChI=1S/C23H24FN5O2S/c1-14-3-6-16(11-17(14)24)23(21-25-13-26-32-21)9-10-29(12-23)22(30)28-20-19(31-2)8-7-18(27-20)15-4-5-15/h3,6-8,11,13,15H,4-5,9-10,12H2,1-2H3,(H,27,28,30)/t23-/m1/s1. The number of methoxy groups -OCH3 is 1. The molecule has 2 amide bonds. The van der Waals surface area contributed by atoms with Crippen molar-refractivity contribution >= 4 is 23.4 Å². The predicted molar refractivity (Wildman–Crippen MR) is 120 cm³/mol. The van der Waals surface area contributed by atoms with E-state index in [0.717, 1.165) is 29.1 Å². The Balaban J connectivity index is 1.42. The maximum absolute atomic E-state index is 14.4. The summed E-state index contributed by atoms with van der Waals surface area (Å²) in [6.45, 7) is 2.62. The quantitative estimate of drug-likeness (QED) is 0.616. The fourth-order valence-electron chi connectivity index (χ4n) is 4.29.